The third-order valence-electron chi connectivity index (χ3n) is 12.8. The molecule has 0 aliphatic carbocycles. The van der Waals surface area contributed by atoms with E-state index in [4.69, 9.17) is 92.8 Å². The molecule has 0 radical (unpaired) electrons. The fraction of sp³-hybridized carbons (Fsp3) is 0.0656. The molecule has 3 N–H and O–H groups in total. The number of carbonyl (C=O) groups is 3. The zero-order chi connectivity index (χ0) is 59.0. The van der Waals surface area contributed by atoms with Gasteiger partial charge in [-0.1, -0.05) is 147 Å². The standard InChI is InChI=1S/C21H16Cl2N4O.C20H12Cl4N4O.C20H14Cl2N4O/c1-13-4-2-6-17-19(21(28)25-16-5-3-9-24-11-16)26-27(20(13)17)12-14-7-8-15(22)10-18(14)23;21-12-4-3-11(16(23)7-12)10-28-19-15(6-13(22)8-17(19)24)18(27-28)20(29)26-14-2-1-5-25-9-14;21-14-8-7-13(17(22)10-14)12-26-18-6-2-1-5-16(18)19(25-26)20(27)24-15-4-3-9-23-11-15/h2-11H,12H2,1H3,(H,25,28);1-9H,10H2,(H,26,29);1-11H,12H2,(H,24,27). The number of aromatic nitrogens is 9. The third-order valence-corrected chi connectivity index (χ3v) is 15.1. The third kappa shape index (κ3) is 13.9. The summed E-state index contributed by atoms with van der Waals surface area (Å²) in [5, 5.41) is 28.2. The van der Waals surface area contributed by atoms with Crippen LogP contribution in [0.2, 0.25) is 40.2 Å². The number of hydrogen-bond acceptors (Lipinski definition) is 9. The SMILES string of the molecule is Cc1cccc2c(C(=O)Nc3cccnc3)nn(Cc3ccc(Cl)cc3Cl)c12.O=C(Nc1cccnc1)c1nn(Cc2ccc(Cl)cc2Cl)c2c(Cl)cc(Cl)cc12.O=C(Nc1cccnc1)c1nn(Cc2ccc(Cl)cc2Cl)c2ccccc12. The van der Waals surface area contributed by atoms with Crippen molar-refractivity contribution in [1.29, 1.82) is 0 Å². The molecule has 0 saturated carbocycles. The second kappa shape index (κ2) is 26.7. The minimum atomic E-state index is -0.401. The summed E-state index contributed by atoms with van der Waals surface area (Å²) >= 11 is 49.5. The van der Waals surface area contributed by atoms with E-state index >= 15 is 0 Å². The molecule has 0 fully saturated rings. The number of rotatable bonds is 12. The first-order chi connectivity index (χ1) is 40.6. The highest BCUT2D eigenvalue weighted by molar-refractivity contribution is 6.39. The number of benzene rings is 6. The molecule has 12 rings (SSSR count). The number of para-hydroxylation sites is 2. The summed E-state index contributed by atoms with van der Waals surface area (Å²) in [5.41, 5.74) is 8.54. The average molecular weight is 1270 g/mol. The molecular formula is C61H42Cl8N12O3. The Labute approximate surface area is 520 Å². The van der Waals surface area contributed by atoms with Crippen LogP contribution in [-0.4, -0.2) is 62.0 Å². The van der Waals surface area contributed by atoms with E-state index in [9.17, 15) is 14.4 Å². The lowest BCUT2D eigenvalue weighted by molar-refractivity contribution is 0.101. The molecular weight excluding hydrogens is 1230 g/mol. The Kier molecular flexibility index (Phi) is 18.7. The van der Waals surface area contributed by atoms with E-state index in [1.54, 1.807) is 142 Å². The lowest BCUT2D eigenvalue weighted by atomic mass is 10.1. The van der Waals surface area contributed by atoms with Crippen LogP contribution in [0.4, 0.5) is 17.1 Å². The predicted molar refractivity (Wildman–Crippen MR) is 337 cm³/mol. The number of halogens is 8. The van der Waals surface area contributed by atoms with Gasteiger partial charge in [0.2, 0.25) is 0 Å². The molecule has 0 aliphatic heterocycles. The number of carbonyl (C=O) groups excluding carboxylic acids is 3. The molecule has 6 heterocycles. The molecule has 0 saturated heterocycles. The second-order valence-corrected chi connectivity index (χ2v) is 22.0. The van der Waals surface area contributed by atoms with E-state index in [0.717, 1.165) is 44.1 Å². The summed E-state index contributed by atoms with van der Waals surface area (Å²) in [7, 11) is 0. The highest BCUT2D eigenvalue weighted by Crippen LogP contribution is 2.33. The van der Waals surface area contributed by atoms with Gasteiger partial charge in [-0.2, -0.15) is 15.3 Å². The van der Waals surface area contributed by atoms with Crippen molar-refractivity contribution in [2.45, 2.75) is 26.6 Å². The average Bonchev–Trinajstić information content (AvgIpc) is 3.58. The molecule has 0 atom stereocenters. The summed E-state index contributed by atoms with van der Waals surface area (Å²) in [6.07, 6.45) is 9.65. The number of pyridine rings is 3. The molecule has 0 aliphatic rings. The summed E-state index contributed by atoms with van der Waals surface area (Å²) < 4.78 is 5.20. The Hall–Kier alpha value is -8.09. The van der Waals surface area contributed by atoms with E-state index in [0.29, 0.717) is 99.2 Å². The Morgan fingerprint density at radius 3 is 1.26 bits per heavy atom. The molecule has 3 amide bonds. The van der Waals surface area contributed by atoms with Crippen molar-refractivity contribution >= 4 is 160 Å². The molecule has 6 aromatic carbocycles. The largest absolute Gasteiger partial charge is 0.319 e. The monoisotopic (exact) mass is 1270 g/mol. The molecule has 12 aromatic rings. The van der Waals surface area contributed by atoms with Gasteiger partial charge in [0.05, 0.1) is 76.9 Å². The van der Waals surface area contributed by atoms with Gasteiger partial charge in [0.15, 0.2) is 17.1 Å². The minimum Gasteiger partial charge on any atom is -0.319 e. The van der Waals surface area contributed by atoms with Crippen molar-refractivity contribution in [2.75, 3.05) is 16.0 Å². The number of nitrogens with one attached hydrogen (secondary N) is 3. The molecule has 84 heavy (non-hydrogen) atoms. The van der Waals surface area contributed by atoms with E-state index < -0.39 is 5.91 Å². The normalized spacial score (nSPS) is 11.0. The van der Waals surface area contributed by atoms with E-state index in [-0.39, 0.29) is 17.5 Å². The van der Waals surface area contributed by atoms with Crippen LogP contribution < -0.4 is 16.0 Å². The molecule has 0 spiro atoms. The van der Waals surface area contributed by atoms with Crippen LogP contribution in [-0.2, 0) is 19.6 Å². The maximum absolute atomic E-state index is 12.9. The number of fused-ring (bicyclic) bond motifs is 3. The smallest absolute Gasteiger partial charge is 0.276 e. The Bertz CT molecular complexity index is 4410. The first-order valence-corrected chi connectivity index (χ1v) is 28.3. The van der Waals surface area contributed by atoms with Crippen LogP contribution in [0.5, 0.6) is 0 Å². The fourth-order valence-corrected chi connectivity index (χ4v) is 10.9. The fourth-order valence-electron chi connectivity index (χ4n) is 8.95. The van der Waals surface area contributed by atoms with Crippen molar-refractivity contribution in [3.05, 3.63) is 262 Å². The van der Waals surface area contributed by atoms with Gasteiger partial charge >= 0.3 is 0 Å². The van der Waals surface area contributed by atoms with Crippen LogP contribution in [0.25, 0.3) is 32.7 Å². The van der Waals surface area contributed by atoms with E-state index in [2.05, 4.69) is 46.2 Å². The van der Waals surface area contributed by atoms with Crippen LogP contribution in [0.1, 0.15) is 53.7 Å². The minimum absolute atomic E-state index is 0.193. The highest BCUT2D eigenvalue weighted by atomic mass is 35.5. The van der Waals surface area contributed by atoms with Gasteiger partial charge in [-0.3, -0.25) is 43.4 Å². The Morgan fingerprint density at radius 1 is 0.393 bits per heavy atom. The number of amides is 3. The highest BCUT2D eigenvalue weighted by Gasteiger charge is 2.23. The number of aryl methyl sites for hydroxylation is 1. The zero-order valence-electron chi connectivity index (χ0n) is 43.7. The van der Waals surface area contributed by atoms with Crippen molar-refractivity contribution in [1.82, 2.24) is 44.3 Å². The zero-order valence-corrected chi connectivity index (χ0v) is 49.8. The van der Waals surface area contributed by atoms with Gasteiger partial charge < -0.3 is 16.0 Å². The van der Waals surface area contributed by atoms with Gasteiger partial charge in [-0.05, 0) is 120 Å². The summed E-state index contributed by atoms with van der Waals surface area (Å²) in [4.78, 5) is 50.5. The maximum Gasteiger partial charge on any atom is 0.276 e. The Balaban J connectivity index is 0.000000140. The van der Waals surface area contributed by atoms with Gasteiger partial charge in [0, 0.05) is 69.9 Å². The first kappa shape index (κ1) is 59.1. The summed E-state index contributed by atoms with van der Waals surface area (Å²) in [6.45, 7) is 3.15. The van der Waals surface area contributed by atoms with Crippen LogP contribution in [0, 0.1) is 6.92 Å². The van der Waals surface area contributed by atoms with Crippen LogP contribution >= 0.6 is 92.8 Å². The number of nitrogens with zero attached hydrogens (tertiary/aromatic N) is 9. The topological polar surface area (TPSA) is 179 Å². The number of hydrogen-bond donors (Lipinski definition) is 3. The van der Waals surface area contributed by atoms with E-state index in [1.165, 1.54) is 0 Å². The summed E-state index contributed by atoms with van der Waals surface area (Å²) in [6, 6.07) is 43.1. The summed E-state index contributed by atoms with van der Waals surface area (Å²) in [5.74, 6) is -0.980. The molecule has 0 bridgehead atoms. The first-order valence-electron chi connectivity index (χ1n) is 25.3. The molecule has 0 unspecified atom stereocenters. The quantitative estimate of drug-likeness (QED) is 0.107. The van der Waals surface area contributed by atoms with Crippen LogP contribution in [0.3, 0.4) is 0 Å². The molecule has 6 aromatic heterocycles. The van der Waals surface area contributed by atoms with E-state index in [1.807, 2.05) is 61.5 Å². The molecule has 23 heteroatoms. The molecule has 15 nitrogen and oxygen atoms in total. The van der Waals surface area contributed by atoms with Crippen LogP contribution in [0.15, 0.2) is 183 Å². The maximum atomic E-state index is 12.9. The second-order valence-electron chi connectivity index (χ2n) is 18.6. The lowest BCUT2D eigenvalue weighted by Crippen LogP contribution is -2.14. The van der Waals surface area contributed by atoms with Gasteiger partial charge in [0.25, 0.3) is 17.7 Å². The van der Waals surface area contributed by atoms with Crippen molar-refractivity contribution in [3.8, 4) is 0 Å². The van der Waals surface area contributed by atoms with Crippen molar-refractivity contribution in [3.63, 3.8) is 0 Å². The number of anilines is 3. The van der Waals surface area contributed by atoms with Crippen molar-refractivity contribution in [2.24, 2.45) is 0 Å². The predicted octanol–water partition coefficient (Wildman–Crippen LogP) is 16.7. The Morgan fingerprint density at radius 2 is 0.798 bits per heavy atom. The van der Waals surface area contributed by atoms with Crippen molar-refractivity contribution < 1.29 is 14.4 Å². The lowest BCUT2D eigenvalue weighted by Gasteiger charge is -2.08. The van der Waals surface area contributed by atoms with Gasteiger partial charge in [-0.25, -0.2) is 0 Å². The van der Waals surface area contributed by atoms with Gasteiger partial charge in [-0.15, -0.1) is 0 Å². The molecule has 420 valence electrons. The van der Waals surface area contributed by atoms with Gasteiger partial charge in [0.1, 0.15) is 0 Å².